The molecular formula is C9H13Cl2STi. The van der Waals surface area contributed by atoms with Crippen LogP contribution >= 0.6 is 11.8 Å². The molecular weight excluding hydrogens is 259 g/mol. The molecule has 0 bridgehead atoms. The van der Waals surface area contributed by atoms with E-state index in [1.807, 2.05) is 11.8 Å². The largest absolute Gasteiger partial charge is 1.00 e. The molecule has 13 heavy (non-hydrogen) atoms. The molecule has 0 N–H and O–H groups in total. The molecule has 0 radical (unpaired) electrons. The van der Waals surface area contributed by atoms with E-state index >= 15 is 0 Å². The van der Waals surface area contributed by atoms with E-state index in [2.05, 4.69) is 46.4 Å². The molecule has 0 atom stereocenters. The Balaban J connectivity index is 0. The Bertz CT molecular complexity index is 200. The number of hydrogen-bond donors (Lipinski definition) is 0. The second kappa shape index (κ2) is 8.43. The van der Waals surface area contributed by atoms with Crippen molar-refractivity contribution in [1.82, 2.24) is 0 Å². The van der Waals surface area contributed by atoms with E-state index in [9.17, 15) is 0 Å². The van der Waals surface area contributed by atoms with Crippen molar-refractivity contribution in [2.75, 3.05) is 5.75 Å². The van der Waals surface area contributed by atoms with Gasteiger partial charge in [-0.25, -0.2) is 0 Å². The third-order valence-corrected chi connectivity index (χ3v) is 3.57. The average molecular weight is 272 g/mol. The Hall–Kier alpha value is 1.12. The minimum absolute atomic E-state index is 0. The maximum atomic E-state index is 2.27. The molecule has 0 aromatic rings. The molecule has 4 heteroatoms. The Morgan fingerprint density at radius 3 is 2.46 bits per heavy atom. The minimum atomic E-state index is 0. The Morgan fingerprint density at radius 1 is 1.46 bits per heavy atom. The molecule has 0 saturated carbocycles. The van der Waals surface area contributed by atoms with Crippen LogP contribution in [0.15, 0.2) is 21.6 Å². The van der Waals surface area contributed by atoms with Gasteiger partial charge in [-0.1, -0.05) is 0 Å². The molecule has 0 nitrogen and oxygen atoms in total. The monoisotopic (exact) mass is 271 g/mol. The van der Waals surface area contributed by atoms with Crippen molar-refractivity contribution in [2.24, 2.45) is 0 Å². The summed E-state index contributed by atoms with van der Waals surface area (Å²) in [6.07, 6.45) is 5.70. The van der Waals surface area contributed by atoms with Crippen molar-refractivity contribution < 1.29 is 45.2 Å². The normalized spacial score (nSPS) is 14.5. The fourth-order valence-corrected chi connectivity index (χ4v) is 2.38. The fourth-order valence-electron chi connectivity index (χ4n) is 0.942. The first-order valence-corrected chi connectivity index (χ1v) is 5.75. The van der Waals surface area contributed by atoms with E-state index in [-0.39, 0.29) is 24.8 Å². The Morgan fingerprint density at radius 2 is 2.08 bits per heavy atom. The summed E-state index contributed by atoms with van der Waals surface area (Å²) in [5.74, 6) is 1.19. The number of hydrogen-bond acceptors (Lipinski definition) is 1. The zero-order chi connectivity index (χ0) is 8.27. The summed E-state index contributed by atoms with van der Waals surface area (Å²) in [6, 6.07) is 0. The maximum Gasteiger partial charge on any atom is -1.00 e. The van der Waals surface area contributed by atoms with E-state index < -0.39 is 0 Å². The molecule has 1 aliphatic rings. The van der Waals surface area contributed by atoms with Gasteiger partial charge in [0.15, 0.2) is 0 Å². The van der Waals surface area contributed by atoms with E-state index in [1.165, 1.54) is 12.2 Å². The van der Waals surface area contributed by atoms with E-state index in [4.69, 9.17) is 0 Å². The maximum absolute atomic E-state index is 2.27. The van der Waals surface area contributed by atoms with Gasteiger partial charge in [0.2, 0.25) is 0 Å². The van der Waals surface area contributed by atoms with Crippen LogP contribution in [-0.2, 0) is 20.4 Å². The minimum Gasteiger partial charge on any atom is -1.00 e. The molecule has 1 rings (SSSR count). The quantitative estimate of drug-likeness (QED) is 0.490. The average Bonchev–Trinajstić information content (AvgIpc) is 2.31. The third kappa shape index (κ3) is 6.25. The zero-order valence-electron chi connectivity index (χ0n) is 7.81. The van der Waals surface area contributed by atoms with E-state index in [0.717, 1.165) is 5.25 Å². The number of rotatable bonds is 3. The topological polar surface area (TPSA) is 0 Å². The molecule has 0 spiro atoms. The van der Waals surface area contributed by atoms with Crippen LogP contribution in [0.1, 0.15) is 20.3 Å². The van der Waals surface area contributed by atoms with Crippen LogP contribution in [0, 0.1) is 0 Å². The summed E-state index contributed by atoms with van der Waals surface area (Å²) in [4.78, 5) is 0. The predicted molar refractivity (Wildman–Crippen MR) is 48.4 cm³/mol. The van der Waals surface area contributed by atoms with E-state index in [1.54, 1.807) is 9.45 Å². The van der Waals surface area contributed by atoms with Gasteiger partial charge in [0.1, 0.15) is 0 Å². The molecule has 0 heterocycles. The first-order valence-electron chi connectivity index (χ1n) is 3.92. The van der Waals surface area contributed by atoms with Crippen LogP contribution in [0.2, 0.25) is 0 Å². The van der Waals surface area contributed by atoms with Crippen molar-refractivity contribution in [3.05, 3.63) is 21.6 Å². The summed E-state index contributed by atoms with van der Waals surface area (Å²) in [5, 5.41) is 0.754. The van der Waals surface area contributed by atoms with E-state index in [0.29, 0.717) is 0 Å². The summed E-state index contributed by atoms with van der Waals surface area (Å²) >= 11 is 4.26. The third-order valence-electron chi connectivity index (χ3n) is 1.60. The molecule has 0 aliphatic heterocycles. The number of halogens is 2. The summed E-state index contributed by atoms with van der Waals surface area (Å²) in [5.41, 5.74) is 1.55. The van der Waals surface area contributed by atoms with Crippen molar-refractivity contribution in [3.63, 3.8) is 0 Å². The van der Waals surface area contributed by atoms with Gasteiger partial charge in [-0.05, 0) is 0 Å². The fraction of sp³-hybridized carbons (Fsp3) is 0.556. The smallest absolute Gasteiger partial charge is 1.00 e. The second-order valence-corrected chi connectivity index (χ2v) is 5.48. The van der Waals surface area contributed by atoms with Crippen LogP contribution in [0.5, 0.6) is 0 Å². The van der Waals surface area contributed by atoms with Crippen molar-refractivity contribution >= 4 is 11.8 Å². The molecule has 0 unspecified atom stereocenters. The van der Waals surface area contributed by atoms with Gasteiger partial charge in [0.25, 0.3) is 0 Å². The standard InChI is InChI=1S/C9H13S.2ClH.Ti/c1-8(2)10-7-9-5-3-4-6-9;;;/h3,5,8H,4,7H2,1-2H3;2*1H;/q;;;+2/p-2. The predicted octanol–water partition coefficient (Wildman–Crippen LogP) is -3.10. The molecule has 73 valence electrons. The van der Waals surface area contributed by atoms with Crippen LogP contribution in [0.3, 0.4) is 0 Å². The van der Waals surface area contributed by atoms with Gasteiger partial charge in [0, 0.05) is 0 Å². The van der Waals surface area contributed by atoms with Gasteiger partial charge >= 0.3 is 85.1 Å². The number of allylic oxidation sites excluding steroid dienone is 3. The molecule has 0 saturated heterocycles. The first-order chi connectivity index (χ1) is 5.20. The summed E-state index contributed by atoms with van der Waals surface area (Å²) < 4.78 is 1.55. The Labute approximate surface area is 109 Å². The first kappa shape index (κ1) is 16.6. The summed E-state index contributed by atoms with van der Waals surface area (Å²) in [6.45, 7) is 4.50. The number of thioether (sulfide) groups is 1. The zero-order valence-corrected chi connectivity index (χ0v) is 11.7. The second-order valence-electron chi connectivity index (χ2n) is 2.97. The van der Waals surface area contributed by atoms with Gasteiger partial charge < -0.3 is 24.8 Å². The van der Waals surface area contributed by atoms with Crippen LogP contribution in [-0.4, -0.2) is 11.0 Å². The molecule has 0 fully saturated rings. The molecule has 0 aromatic heterocycles. The van der Waals surface area contributed by atoms with Gasteiger partial charge in [-0.15, -0.1) is 0 Å². The van der Waals surface area contributed by atoms with Crippen LogP contribution in [0.25, 0.3) is 0 Å². The van der Waals surface area contributed by atoms with Gasteiger partial charge in [0.05, 0.1) is 0 Å². The van der Waals surface area contributed by atoms with Crippen LogP contribution < -0.4 is 24.8 Å². The van der Waals surface area contributed by atoms with Crippen LogP contribution in [0.4, 0.5) is 0 Å². The van der Waals surface area contributed by atoms with Crippen molar-refractivity contribution in [3.8, 4) is 0 Å². The molecule has 0 amide bonds. The molecule has 0 aromatic carbocycles. The summed E-state index contributed by atoms with van der Waals surface area (Å²) in [7, 11) is 0. The van der Waals surface area contributed by atoms with Gasteiger partial charge in [-0.2, -0.15) is 0 Å². The van der Waals surface area contributed by atoms with Crippen molar-refractivity contribution in [2.45, 2.75) is 25.5 Å². The SMILES string of the molecule is CC(C)SCC1=[C]([Ti+2])CC=C1.[Cl-].[Cl-]. The van der Waals surface area contributed by atoms with Gasteiger partial charge in [-0.3, -0.25) is 0 Å². The molecule has 1 aliphatic carbocycles. The van der Waals surface area contributed by atoms with Crippen molar-refractivity contribution in [1.29, 1.82) is 0 Å². The Kier molecular flexibility index (Phi) is 10.7.